The number of benzene rings is 2. The number of rotatable bonds is 6. The molecule has 0 aliphatic rings. The Bertz CT molecular complexity index is 690. The molecule has 0 unspecified atom stereocenters. The normalized spacial score (nSPS) is 11.8. The van der Waals surface area contributed by atoms with Crippen molar-refractivity contribution in [3.05, 3.63) is 65.2 Å². The number of hydrogen-bond donors (Lipinski definition) is 1. The van der Waals surface area contributed by atoms with Gasteiger partial charge in [0.25, 0.3) is 0 Å². The monoisotopic (exact) mass is 324 g/mol. The van der Waals surface area contributed by atoms with Gasteiger partial charge in [-0.25, -0.2) is 8.42 Å². The highest BCUT2D eigenvalue weighted by Crippen LogP contribution is 2.21. The second-order valence-corrected chi connectivity index (χ2v) is 6.94. The molecule has 0 spiro atoms. The van der Waals surface area contributed by atoms with Crippen molar-refractivity contribution in [2.24, 2.45) is 5.73 Å². The minimum atomic E-state index is -3.62. The highest BCUT2D eigenvalue weighted by Gasteiger charge is 2.24. The van der Waals surface area contributed by atoms with Crippen LogP contribution in [-0.2, 0) is 16.6 Å². The molecule has 2 aromatic carbocycles. The summed E-state index contributed by atoms with van der Waals surface area (Å²) >= 11 is 5.89. The third-order valence-electron chi connectivity index (χ3n) is 3.01. The molecule has 6 heteroatoms. The minimum absolute atomic E-state index is 0.180. The van der Waals surface area contributed by atoms with E-state index in [0.717, 1.165) is 5.56 Å². The topological polar surface area (TPSA) is 63.4 Å². The van der Waals surface area contributed by atoms with Crippen LogP contribution in [0.3, 0.4) is 0 Å². The lowest BCUT2D eigenvalue weighted by molar-refractivity contribution is 0.414. The summed E-state index contributed by atoms with van der Waals surface area (Å²) in [6, 6.07) is 15.7. The smallest absolute Gasteiger partial charge is 0.243 e. The van der Waals surface area contributed by atoms with Crippen molar-refractivity contribution in [2.75, 3.05) is 13.1 Å². The van der Waals surface area contributed by atoms with Crippen LogP contribution in [0.1, 0.15) is 5.56 Å². The fourth-order valence-electron chi connectivity index (χ4n) is 1.99. The summed E-state index contributed by atoms with van der Waals surface area (Å²) < 4.78 is 26.8. The zero-order chi connectivity index (χ0) is 15.3. The van der Waals surface area contributed by atoms with E-state index in [9.17, 15) is 8.42 Å². The summed E-state index contributed by atoms with van der Waals surface area (Å²) in [6.07, 6.45) is 0. The van der Waals surface area contributed by atoms with Gasteiger partial charge in [0, 0.05) is 24.7 Å². The van der Waals surface area contributed by atoms with Gasteiger partial charge in [-0.15, -0.1) is 0 Å². The summed E-state index contributed by atoms with van der Waals surface area (Å²) in [6.45, 7) is 0.795. The first-order chi connectivity index (χ1) is 10.0. The molecule has 2 aromatic rings. The maximum absolute atomic E-state index is 12.7. The molecule has 0 heterocycles. The van der Waals surface area contributed by atoms with Crippen molar-refractivity contribution >= 4 is 21.6 Å². The number of nitrogens with zero attached hydrogens (tertiary/aromatic N) is 1. The van der Waals surface area contributed by atoms with Crippen molar-refractivity contribution in [1.82, 2.24) is 4.31 Å². The molecule has 2 rings (SSSR count). The van der Waals surface area contributed by atoms with Crippen molar-refractivity contribution in [1.29, 1.82) is 0 Å². The summed E-state index contributed by atoms with van der Waals surface area (Å²) in [5, 5.41) is 0.392. The molecule has 0 fully saturated rings. The molecule has 0 atom stereocenters. The lowest BCUT2D eigenvalue weighted by Gasteiger charge is -2.21. The van der Waals surface area contributed by atoms with Gasteiger partial charge in [-0.1, -0.05) is 48.0 Å². The molecule has 0 amide bonds. The summed E-state index contributed by atoms with van der Waals surface area (Å²) in [4.78, 5) is 0.180. The average molecular weight is 325 g/mol. The Morgan fingerprint density at radius 1 is 1.05 bits per heavy atom. The fraction of sp³-hybridized carbons (Fsp3) is 0.200. The maximum atomic E-state index is 12.7. The van der Waals surface area contributed by atoms with Gasteiger partial charge in [0.1, 0.15) is 0 Å². The molecule has 0 aromatic heterocycles. The van der Waals surface area contributed by atoms with Gasteiger partial charge < -0.3 is 5.73 Å². The molecule has 4 nitrogen and oxygen atoms in total. The van der Waals surface area contributed by atoms with Crippen LogP contribution in [0.5, 0.6) is 0 Å². The summed E-state index contributed by atoms with van der Waals surface area (Å²) in [5.74, 6) is 0. The number of sulfonamides is 1. The van der Waals surface area contributed by atoms with E-state index in [1.54, 1.807) is 12.1 Å². The standard InChI is InChI=1S/C15H17ClN2O2S/c16-14-7-4-8-15(11-14)21(19,20)18(10-9-17)12-13-5-2-1-3-6-13/h1-8,11H,9-10,12,17H2. The molecule has 2 N–H and O–H groups in total. The molecule has 0 saturated heterocycles. The van der Waals surface area contributed by atoms with E-state index in [4.69, 9.17) is 17.3 Å². The van der Waals surface area contributed by atoms with Crippen molar-refractivity contribution in [3.8, 4) is 0 Å². The second kappa shape index (κ2) is 7.04. The molecule has 112 valence electrons. The Morgan fingerprint density at radius 2 is 1.76 bits per heavy atom. The first-order valence-electron chi connectivity index (χ1n) is 6.54. The Kier molecular flexibility index (Phi) is 5.36. The van der Waals surface area contributed by atoms with E-state index in [1.165, 1.54) is 16.4 Å². The maximum Gasteiger partial charge on any atom is 0.243 e. The Labute approximate surface area is 130 Å². The molecule has 0 radical (unpaired) electrons. The molecule has 0 aliphatic heterocycles. The molecular weight excluding hydrogens is 308 g/mol. The molecule has 21 heavy (non-hydrogen) atoms. The largest absolute Gasteiger partial charge is 0.329 e. The first-order valence-corrected chi connectivity index (χ1v) is 8.35. The van der Waals surface area contributed by atoms with E-state index in [-0.39, 0.29) is 24.5 Å². The van der Waals surface area contributed by atoms with E-state index in [1.807, 2.05) is 30.3 Å². The van der Waals surface area contributed by atoms with Crippen molar-refractivity contribution in [2.45, 2.75) is 11.4 Å². The fourth-order valence-corrected chi connectivity index (χ4v) is 3.74. The van der Waals surface area contributed by atoms with Crippen molar-refractivity contribution in [3.63, 3.8) is 0 Å². The van der Waals surface area contributed by atoms with Gasteiger partial charge in [-0.05, 0) is 23.8 Å². The summed E-state index contributed by atoms with van der Waals surface area (Å²) in [7, 11) is -3.62. The van der Waals surface area contributed by atoms with Crippen LogP contribution < -0.4 is 5.73 Å². The van der Waals surface area contributed by atoms with Gasteiger partial charge in [-0.3, -0.25) is 0 Å². The molecular formula is C15H17ClN2O2S. The van der Waals surface area contributed by atoms with Crippen LogP contribution in [0.15, 0.2) is 59.5 Å². The van der Waals surface area contributed by atoms with Gasteiger partial charge in [0.2, 0.25) is 10.0 Å². The third-order valence-corrected chi connectivity index (χ3v) is 5.09. The van der Waals surface area contributed by atoms with E-state index in [0.29, 0.717) is 5.02 Å². The molecule has 0 saturated carbocycles. The van der Waals surface area contributed by atoms with Crippen LogP contribution in [0.25, 0.3) is 0 Å². The zero-order valence-electron chi connectivity index (χ0n) is 11.4. The van der Waals surface area contributed by atoms with Gasteiger partial charge in [0.15, 0.2) is 0 Å². The third kappa shape index (κ3) is 4.04. The van der Waals surface area contributed by atoms with E-state index < -0.39 is 10.0 Å². The predicted molar refractivity (Wildman–Crippen MR) is 84.5 cm³/mol. The zero-order valence-corrected chi connectivity index (χ0v) is 13.0. The van der Waals surface area contributed by atoms with E-state index >= 15 is 0 Å². The van der Waals surface area contributed by atoms with E-state index in [2.05, 4.69) is 0 Å². The van der Waals surface area contributed by atoms with Crippen LogP contribution in [0.4, 0.5) is 0 Å². The van der Waals surface area contributed by atoms with Crippen LogP contribution in [-0.4, -0.2) is 25.8 Å². The Morgan fingerprint density at radius 3 is 2.38 bits per heavy atom. The van der Waals surface area contributed by atoms with Gasteiger partial charge in [0.05, 0.1) is 4.90 Å². The SMILES string of the molecule is NCCN(Cc1ccccc1)S(=O)(=O)c1cccc(Cl)c1. The first kappa shape index (κ1) is 16.0. The highest BCUT2D eigenvalue weighted by molar-refractivity contribution is 7.89. The lowest BCUT2D eigenvalue weighted by atomic mass is 10.2. The van der Waals surface area contributed by atoms with Crippen LogP contribution in [0.2, 0.25) is 5.02 Å². The number of hydrogen-bond acceptors (Lipinski definition) is 3. The van der Waals surface area contributed by atoms with Crippen LogP contribution in [0, 0.1) is 0 Å². The Hall–Kier alpha value is -1.40. The number of nitrogens with two attached hydrogens (primary N) is 1. The van der Waals surface area contributed by atoms with Crippen molar-refractivity contribution < 1.29 is 8.42 Å². The summed E-state index contributed by atoms with van der Waals surface area (Å²) in [5.41, 5.74) is 6.47. The second-order valence-electron chi connectivity index (χ2n) is 4.57. The molecule has 0 bridgehead atoms. The quantitative estimate of drug-likeness (QED) is 0.888. The average Bonchev–Trinajstić information content (AvgIpc) is 2.48. The van der Waals surface area contributed by atoms with Gasteiger partial charge in [-0.2, -0.15) is 4.31 Å². The Balaban J connectivity index is 2.32. The minimum Gasteiger partial charge on any atom is -0.329 e. The number of halogens is 1. The van der Waals surface area contributed by atoms with Crippen LogP contribution >= 0.6 is 11.6 Å². The highest BCUT2D eigenvalue weighted by atomic mass is 35.5. The van der Waals surface area contributed by atoms with Gasteiger partial charge >= 0.3 is 0 Å². The lowest BCUT2D eigenvalue weighted by Crippen LogP contribution is -2.34. The predicted octanol–water partition coefficient (Wildman–Crippen LogP) is 2.49. The molecule has 0 aliphatic carbocycles.